The standard InChI is InChI=1S/C13H18N2O3/c1-13(6-2-3-7-17-13)12-14-11(18-15-12)8-10(16)9-4-5-9/h9H,2-8H2,1H3. The lowest BCUT2D eigenvalue weighted by Crippen LogP contribution is -2.31. The summed E-state index contributed by atoms with van der Waals surface area (Å²) in [6.07, 6.45) is 5.40. The van der Waals surface area contributed by atoms with Gasteiger partial charge in [0.05, 0.1) is 6.42 Å². The normalized spacial score (nSPS) is 28.3. The molecule has 1 saturated carbocycles. The van der Waals surface area contributed by atoms with Crippen molar-refractivity contribution >= 4 is 5.78 Å². The highest BCUT2D eigenvalue weighted by Gasteiger charge is 2.36. The van der Waals surface area contributed by atoms with Gasteiger partial charge in [-0.25, -0.2) is 0 Å². The highest BCUT2D eigenvalue weighted by Crippen LogP contribution is 2.33. The lowest BCUT2D eigenvalue weighted by molar-refractivity contribution is -0.119. The zero-order valence-electron chi connectivity index (χ0n) is 10.6. The van der Waals surface area contributed by atoms with Crippen LogP contribution >= 0.6 is 0 Å². The van der Waals surface area contributed by atoms with Crippen molar-refractivity contribution in [1.29, 1.82) is 0 Å². The molecule has 1 aliphatic heterocycles. The zero-order chi connectivity index (χ0) is 12.6. The van der Waals surface area contributed by atoms with E-state index in [1.54, 1.807) is 0 Å². The topological polar surface area (TPSA) is 65.2 Å². The second-order valence-electron chi connectivity index (χ2n) is 5.47. The summed E-state index contributed by atoms with van der Waals surface area (Å²) in [5.41, 5.74) is -0.442. The number of rotatable bonds is 4. The summed E-state index contributed by atoms with van der Waals surface area (Å²) in [7, 11) is 0. The largest absolute Gasteiger partial charge is 0.367 e. The van der Waals surface area contributed by atoms with Crippen molar-refractivity contribution in [3.63, 3.8) is 0 Å². The minimum atomic E-state index is -0.442. The number of hydrogen-bond acceptors (Lipinski definition) is 5. The lowest BCUT2D eigenvalue weighted by atomic mass is 9.95. The van der Waals surface area contributed by atoms with Crippen LogP contribution in [-0.2, 0) is 21.6 Å². The van der Waals surface area contributed by atoms with Crippen LogP contribution in [0.1, 0.15) is 50.7 Å². The number of aromatic nitrogens is 2. The van der Waals surface area contributed by atoms with Crippen LogP contribution in [0.3, 0.4) is 0 Å². The predicted molar refractivity (Wildman–Crippen MR) is 62.9 cm³/mol. The van der Waals surface area contributed by atoms with E-state index in [4.69, 9.17) is 9.26 Å². The number of carbonyl (C=O) groups is 1. The molecule has 2 heterocycles. The fraction of sp³-hybridized carbons (Fsp3) is 0.769. The Bertz CT molecular complexity index is 445. The van der Waals surface area contributed by atoms with E-state index in [9.17, 15) is 4.79 Å². The SMILES string of the molecule is CC1(c2noc(CC(=O)C3CC3)n2)CCCCO1. The Morgan fingerprint density at radius 2 is 2.28 bits per heavy atom. The maximum atomic E-state index is 11.7. The van der Waals surface area contributed by atoms with Crippen molar-refractivity contribution in [3.05, 3.63) is 11.7 Å². The quantitative estimate of drug-likeness (QED) is 0.817. The molecule has 1 aliphatic carbocycles. The predicted octanol–water partition coefficient (Wildman–Crippen LogP) is 2.01. The molecular formula is C13H18N2O3. The van der Waals surface area contributed by atoms with Crippen LogP contribution in [0.15, 0.2) is 4.52 Å². The minimum Gasteiger partial charge on any atom is -0.367 e. The number of carbonyl (C=O) groups excluding carboxylic acids is 1. The van der Waals surface area contributed by atoms with Crippen LogP contribution in [-0.4, -0.2) is 22.5 Å². The molecule has 0 N–H and O–H groups in total. The number of hydrogen-bond donors (Lipinski definition) is 0. The average Bonchev–Trinajstić information content (AvgIpc) is 3.11. The van der Waals surface area contributed by atoms with Gasteiger partial charge in [-0.2, -0.15) is 4.98 Å². The summed E-state index contributed by atoms with van der Waals surface area (Å²) >= 11 is 0. The molecule has 1 atom stereocenters. The van der Waals surface area contributed by atoms with E-state index in [1.807, 2.05) is 6.92 Å². The molecule has 1 aromatic rings. The molecule has 1 unspecified atom stereocenters. The average molecular weight is 250 g/mol. The smallest absolute Gasteiger partial charge is 0.234 e. The summed E-state index contributed by atoms with van der Waals surface area (Å²) < 4.78 is 10.9. The second kappa shape index (κ2) is 4.46. The van der Waals surface area contributed by atoms with Gasteiger partial charge in [0.25, 0.3) is 0 Å². The molecule has 1 saturated heterocycles. The molecule has 18 heavy (non-hydrogen) atoms. The van der Waals surface area contributed by atoms with Gasteiger partial charge in [0.1, 0.15) is 11.4 Å². The van der Waals surface area contributed by atoms with Gasteiger partial charge in [-0.05, 0) is 39.0 Å². The minimum absolute atomic E-state index is 0.222. The number of ketones is 1. The Morgan fingerprint density at radius 1 is 1.44 bits per heavy atom. The maximum absolute atomic E-state index is 11.7. The van der Waals surface area contributed by atoms with Gasteiger partial charge in [0, 0.05) is 12.5 Å². The molecule has 5 heteroatoms. The molecule has 1 aromatic heterocycles. The van der Waals surface area contributed by atoms with E-state index >= 15 is 0 Å². The summed E-state index contributed by atoms with van der Waals surface area (Å²) in [5, 5.41) is 3.98. The van der Waals surface area contributed by atoms with Gasteiger partial charge in [-0.3, -0.25) is 4.79 Å². The van der Waals surface area contributed by atoms with Crippen molar-refractivity contribution in [2.45, 2.75) is 51.0 Å². The van der Waals surface area contributed by atoms with E-state index in [-0.39, 0.29) is 18.1 Å². The van der Waals surface area contributed by atoms with E-state index in [0.29, 0.717) is 11.7 Å². The zero-order valence-corrected chi connectivity index (χ0v) is 10.6. The highest BCUT2D eigenvalue weighted by molar-refractivity contribution is 5.84. The molecule has 0 spiro atoms. The summed E-state index contributed by atoms with van der Waals surface area (Å²) in [4.78, 5) is 16.0. The molecular weight excluding hydrogens is 232 g/mol. The first kappa shape index (κ1) is 11.8. The summed E-state index contributed by atoms with van der Waals surface area (Å²) in [5.74, 6) is 1.47. The maximum Gasteiger partial charge on any atom is 0.234 e. The Kier molecular flexibility index (Phi) is 2.93. The third-order valence-corrected chi connectivity index (χ3v) is 3.77. The molecule has 0 radical (unpaired) electrons. The number of Topliss-reactive ketones (excluding diaryl/α,β-unsaturated/α-hetero) is 1. The highest BCUT2D eigenvalue weighted by atomic mass is 16.5. The van der Waals surface area contributed by atoms with E-state index in [1.165, 1.54) is 0 Å². The van der Waals surface area contributed by atoms with Gasteiger partial charge in [-0.15, -0.1) is 0 Å². The van der Waals surface area contributed by atoms with Gasteiger partial charge < -0.3 is 9.26 Å². The van der Waals surface area contributed by atoms with Crippen LogP contribution in [0.2, 0.25) is 0 Å². The number of nitrogens with zero attached hydrogens (tertiary/aromatic N) is 2. The summed E-state index contributed by atoms with van der Waals surface area (Å²) in [6, 6.07) is 0. The van der Waals surface area contributed by atoms with E-state index in [2.05, 4.69) is 10.1 Å². The monoisotopic (exact) mass is 250 g/mol. The van der Waals surface area contributed by atoms with E-state index < -0.39 is 5.60 Å². The molecule has 2 aliphatic rings. The molecule has 3 rings (SSSR count). The van der Waals surface area contributed by atoms with Crippen molar-refractivity contribution in [2.24, 2.45) is 5.92 Å². The van der Waals surface area contributed by atoms with Gasteiger partial charge in [-0.1, -0.05) is 5.16 Å². The fourth-order valence-electron chi connectivity index (χ4n) is 2.35. The molecule has 0 aromatic carbocycles. The first-order chi connectivity index (χ1) is 8.67. The Morgan fingerprint density at radius 3 is 2.94 bits per heavy atom. The third-order valence-electron chi connectivity index (χ3n) is 3.77. The van der Waals surface area contributed by atoms with Crippen LogP contribution in [0.4, 0.5) is 0 Å². The van der Waals surface area contributed by atoms with Crippen LogP contribution in [0.5, 0.6) is 0 Å². The fourth-order valence-corrected chi connectivity index (χ4v) is 2.35. The molecule has 0 bridgehead atoms. The van der Waals surface area contributed by atoms with Crippen molar-refractivity contribution in [2.75, 3.05) is 6.61 Å². The summed E-state index contributed by atoms with van der Waals surface area (Å²) in [6.45, 7) is 2.73. The molecule has 98 valence electrons. The molecule has 2 fully saturated rings. The van der Waals surface area contributed by atoms with Crippen LogP contribution < -0.4 is 0 Å². The Labute approximate surface area is 106 Å². The Hall–Kier alpha value is -1.23. The van der Waals surface area contributed by atoms with Gasteiger partial charge >= 0.3 is 0 Å². The van der Waals surface area contributed by atoms with Crippen LogP contribution in [0, 0.1) is 5.92 Å². The second-order valence-corrected chi connectivity index (χ2v) is 5.47. The molecule has 0 amide bonds. The van der Waals surface area contributed by atoms with Gasteiger partial charge in [0.15, 0.2) is 0 Å². The lowest BCUT2D eigenvalue weighted by Gasteiger charge is -2.30. The van der Waals surface area contributed by atoms with Crippen molar-refractivity contribution < 1.29 is 14.1 Å². The molecule has 5 nitrogen and oxygen atoms in total. The van der Waals surface area contributed by atoms with Crippen molar-refractivity contribution in [3.8, 4) is 0 Å². The van der Waals surface area contributed by atoms with Gasteiger partial charge in [0.2, 0.25) is 11.7 Å². The number of ether oxygens (including phenoxy) is 1. The van der Waals surface area contributed by atoms with E-state index in [0.717, 1.165) is 38.7 Å². The van der Waals surface area contributed by atoms with Crippen LogP contribution in [0.25, 0.3) is 0 Å². The third kappa shape index (κ3) is 2.32. The first-order valence-corrected chi connectivity index (χ1v) is 6.67. The first-order valence-electron chi connectivity index (χ1n) is 6.67. The Balaban J connectivity index is 1.70. The van der Waals surface area contributed by atoms with Crippen molar-refractivity contribution in [1.82, 2.24) is 10.1 Å².